The van der Waals surface area contributed by atoms with Crippen molar-refractivity contribution in [1.82, 2.24) is 0 Å². The molecule has 27 heavy (non-hydrogen) atoms. The summed E-state index contributed by atoms with van der Waals surface area (Å²) in [6, 6.07) is 5.95. The normalized spacial score (nSPS) is 10.7. The molecule has 0 heterocycles. The zero-order chi connectivity index (χ0) is 19.4. The van der Waals surface area contributed by atoms with Crippen LogP contribution in [0.2, 0.25) is 0 Å². The predicted molar refractivity (Wildman–Crippen MR) is 94.9 cm³/mol. The average Bonchev–Trinajstić information content (AvgIpc) is 2.59. The molecule has 0 aliphatic heterocycles. The fraction of sp³-hybridized carbons (Fsp3) is 0.556. The number of rotatable bonds is 12. The maximum absolute atomic E-state index is 12.2. The Morgan fingerprint density at radius 1 is 0.889 bits per heavy atom. The van der Waals surface area contributed by atoms with Crippen molar-refractivity contribution >= 4 is 22.1 Å². The van der Waals surface area contributed by atoms with E-state index in [9.17, 15) is 22.6 Å². The molecule has 0 aliphatic rings. The standard InChI is InChI=1S/C18H26O7S.K/c1-2-3-4-5-6-9-12-24-17(19)15-10-7-8-11-16(15)18(20)25-13-14-26(21,22)23;/h7-8,10-11H,2-6,9,12-14H2,1H3,(H,21,22,23);/q;+1/p-1. The summed E-state index contributed by atoms with van der Waals surface area (Å²) in [6.45, 7) is 1.85. The second-order valence-electron chi connectivity index (χ2n) is 5.85. The smallest absolute Gasteiger partial charge is 0.748 e. The van der Waals surface area contributed by atoms with Crippen LogP contribution in [0.25, 0.3) is 0 Å². The summed E-state index contributed by atoms with van der Waals surface area (Å²) in [4.78, 5) is 24.2. The molecule has 146 valence electrons. The Balaban J connectivity index is 0.00000676. The van der Waals surface area contributed by atoms with Gasteiger partial charge in [0.15, 0.2) is 0 Å². The Kier molecular flexibility index (Phi) is 14.5. The van der Waals surface area contributed by atoms with Gasteiger partial charge in [-0.15, -0.1) is 0 Å². The second kappa shape index (κ2) is 14.7. The number of unbranched alkanes of at least 4 members (excludes halogenated alkanes) is 5. The monoisotopic (exact) mass is 424 g/mol. The van der Waals surface area contributed by atoms with Gasteiger partial charge in [0.25, 0.3) is 0 Å². The van der Waals surface area contributed by atoms with Crippen molar-refractivity contribution in [3.05, 3.63) is 35.4 Å². The first kappa shape index (κ1) is 26.7. The van der Waals surface area contributed by atoms with E-state index in [1.165, 1.54) is 25.0 Å². The van der Waals surface area contributed by atoms with Crippen molar-refractivity contribution in [2.24, 2.45) is 0 Å². The molecular weight excluding hydrogens is 399 g/mol. The van der Waals surface area contributed by atoms with Gasteiger partial charge in [0.05, 0.1) is 33.6 Å². The maximum Gasteiger partial charge on any atom is 1.00 e. The fourth-order valence-corrected chi connectivity index (χ4v) is 2.57. The van der Waals surface area contributed by atoms with Crippen molar-refractivity contribution < 1.29 is 83.4 Å². The molecule has 0 aliphatic carbocycles. The minimum Gasteiger partial charge on any atom is -0.748 e. The van der Waals surface area contributed by atoms with Crippen molar-refractivity contribution in [1.29, 1.82) is 0 Å². The van der Waals surface area contributed by atoms with Crippen LogP contribution in [-0.4, -0.2) is 43.9 Å². The van der Waals surface area contributed by atoms with E-state index in [1.54, 1.807) is 12.1 Å². The molecule has 1 aromatic carbocycles. The summed E-state index contributed by atoms with van der Waals surface area (Å²) in [6.07, 6.45) is 6.35. The van der Waals surface area contributed by atoms with Gasteiger partial charge in [-0.3, -0.25) is 0 Å². The minimum atomic E-state index is -4.47. The van der Waals surface area contributed by atoms with Crippen LogP contribution in [0.3, 0.4) is 0 Å². The molecule has 0 atom stereocenters. The topological polar surface area (TPSA) is 110 Å². The number of esters is 2. The molecule has 0 bridgehead atoms. The third kappa shape index (κ3) is 12.0. The van der Waals surface area contributed by atoms with Crippen molar-refractivity contribution in [3.8, 4) is 0 Å². The predicted octanol–water partition coefficient (Wildman–Crippen LogP) is -0.0901. The van der Waals surface area contributed by atoms with Gasteiger partial charge in [0, 0.05) is 0 Å². The van der Waals surface area contributed by atoms with E-state index in [-0.39, 0.29) is 69.1 Å². The zero-order valence-corrected chi connectivity index (χ0v) is 19.9. The van der Waals surface area contributed by atoms with Gasteiger partial charge < -0.3 is 14.0 Å². The number of ether oxygens (including phenoxy) is 2. The molecule has 1 aromatic rings. The van der Waals surface area contributed by atoms with Gasteiger partial charge in [0.2, 0.25) is 0 Å². The van der Waals surface area contributed by atoms with Gasteiger partial charge >= 0.3 is 63.3 Å². The third-order valence-corrected chi connectivity index (χ3v) is 4.33. The summed E-state index contributed by atoms with van der Waals surface area (Å²) in [7, 11) is -4.47. The van der Waals surface area contributed by atoms with Gasteiger partial charge in [-0.2, -0.15) is 0 Å². The summed E-state index contributed by atoms with van der Waals surface area (Å²) in [5.74, 6) is -2.33. The zero-order valence-electron chi connectivity index (χ0n) is 15.9. The molecular formula is C18H25KO7S. The number of carbonyl (C=O) groups excluding carboxylic acids is 2. The van der Waals surface area contributed by atoms with Crippen LogP contribution in [0.1, 0.15) is 66.2 Å². The van der Waals surface area contributed by atoms with Crippen LogP contribution < -0.4 is 51.4 Å². The first-order valence-electron chi connectivity index (χ1n) is 8.72. The Hall–Kier alpha value is -0.294. The summed E-state index contributed by atoms with van der Waals surface area (Å²) >= 11 is 0. The van der Waals surface area contributed by atoms with Gasteiger partial charge in [0.1, 0.15) is 6.61 Å². The van der Waals surface area contributed by atoms with E-state index in [4.69, 9.17) is 9.47 Å². The molecule has 0 spiro atoms. The van der Waals surface area contributed by atoms with E-state index in [1.807, 2.05) is 0 Å². The fourth-order valence-electron chi connectivity index (χ4n) is 2.28. The van der Waals surface area contributed by atoms with Crippen LogP contribution in [0.5, 0.6) is 0 Å². The Labute approximate surface area is 203 Å². The minimum absolute atomic E-state index is 0. The van der Waals surface area contributed by atoms with Gasteiger partial charge in [-0.25, -0.2) is 18.0 Å². The quantitative estimate of drug-likeness (QED) is 0.200. The van der Waals surface area contributed by atoms with E-state index in [2.05, 4.69) is 6.92 Å². The number of hydrogen-bond acceptors (Lipinski definition) is 7. The molecule has 1 rings (SSSR count). The SMILES string of the molecule is CCCCCCCCOC(=O)c1ccccc1C(=O)OCCS(=O)(=O)[O-].[K+]. The molecule has 0 saturated heterocycles. The number of benzene rings is 1. The second-order valence-corrected chi connectivity index (χ2v) is 7.37. The molecule has 0 saturated carbocycles. The van der Waals surface area contributed by atoms with Crippen molar-refractivity contribution in [2.45, 2.75) is 45.4 Å². The first-order chi connectivity index (χ1) is 12.3. The summed E-state index contributed by atoms with van der Waals surface area (Å²) in [5.41, 5.74) is 0.0252. The number of hydrogen-bond donors (Lipinski definition) is 0. The first-order valence-corrected chi connectivity index (χ1v) is 10.3. The summed E-state index contributed by atoms with van der Waals surface area (Å²) < 4.78 is 41.5. The van der Waals surface area contributed by atoms with Gasteiger partial charge in [-0.1, -0.05) is 51.2 Å². The molecule has 0 aromatic heterocycles. The Bertz CT molecular complexity index is 689. The van der Waals surface area contributed by atoms with E-state index in [0.717, 1.165) is 25.7 Å². The van der Waals surface area contributed by atoms with Crippen LogP contribution in [0.4, 0.5) is 0 Å². The molecule has 0 N–H and O–H groups in total. The third-order valence-electron chi connectivity index (χ3n) is 3.66. The molecule has 0 fully saturated rings. The Morgan fingerprint density at radius 3 is 1.89 bits per heavy atom. The molecule has 0 radical (unpaired) electrons. The molecule has 9 heteroatoms. The van der Waals surface area contributed by atoms with Crippen molar-refractivity contribution in [3.63, 3.8) is 0 Å². The number of carbonyl (C=O) groups is 2. The van der Waals surface area contributed by atoms with Crippen LogP contribution in [0.15, 0.2) is 24.3 Å². The molecule has 7 nitrogen and oxygen atoms in total. The van der Waals surface area contributed by atoms with Gasteiger partial charge in [-0.05, 0) is 18.6 Å². The van der Waals surface area contributed by atoms with Crippen LogP contribution in [-0.2, 0) is 19.6 Å². The molecule has 0 amide bonds. The Morgan fingerprint density at radius 2 is 1.37 bits per heavy atom. The van der Waals surface area contributed by atoms with E-state index < -0.39 is 34.4 Å². The van der Waals surface area contributed by atoms with Crippen LogP contribution >= 0.6 is 0 Å². The van der Waals surface area contributed by atoms with E-state index >= 15 is 0 Å². The van der Waals surface area contributed by atoms with Crippen molar-refractivity contribution in [2.75, 3.05) is 19.0 Å². The average molecular weight is 425 g/mol. The van der Waals surface area contributed by atoms with Crippen LogP contribution in [0, 0.1) is 0 Å². The summed E-state index contributed by atoms with van der Waals surface area (Å²) in [5, 5.41) is 0. The van der Waals surface area contributed by atoms with E-state index in [0.29, 0.717) is 0 Å². The maximum atomic E-state index is 12.2. The molecule has 0 unspecified atom stereocenters. The largest absolute Gasteiger partial charge is 1.00 e.